The average Bonchev–Trinajstić information content (AvgIpc) is 2.29. The molecule has 0 radical (unpaired) electrons. The van der Waals surface area contributed by atoms with Crippen molar-refractivity contribution in [3.8, 4) is 0 Å². The number of carboxylic acid groups (broad SMARTS) is 2. The third-order valence-electron chi connectivity index (χ3n) is 1.68. The Morgan fingerprint density at radius 2 is 1.59 bits per heavy atom. The molecule has 7 heteroatoms. The van der Waals surface area contributed by atoms with E-state index in [4.69, 9.17) is 30.6 Å². The second kappa shape index (κ2) is 7.77. The summed E-state index contributed by atoms with van der Waals surface area (Å²) in [7, 11) is 0. The Labute approximate surface area is 106 Å². The van der Waals surface area contributed by atoms with Gasteiger partial charge in [-0.1, -0.05) is 28.1 Å². The number of carbonyl (C=O) groups is 2. The Kier molecular flexibility index (Phi) is 7.11. The Morgan fingerprint density at radius 1 is 1.18 bits per heavy atom. The molecule has 0 aromatic heterocycles. The number of nitrogens with two attached hydrogens (primary N) is 1. The lowest BCUT2D eigenvalue weighted by atomic mass is 10.1. The molecule has 6 nitrogen and oxygen atoms in total. The number of aliphatic carboxylic acids is 2. The molecule has 0 aliphatic heterocycles. The Balaban J connectivity index is 0.000000366. The van der Waals surface area contributed by atoms with Crippen LogP contribution in [0.1, 0.15) is 11.6 Å². The lowest BCUT2D eigenvalue weighted by molar-refractivity contribution is -0.159. The number of rotatable bonds is 2. The van der Waals surface area contributed by atoms with E-state index in [-0.39, 0.29) is 12.6 Å². The molecular formula is C10H12BrNO5. The molecule has 0 aliphatic carbocycles. The molecule has 0 spiro atoms. The van der Waals surface area contributed by atoms with Gasteiger partial charge in [-0.2, -0.15) is 0 Å². The zero-order chi connectivity index (χ0) is 13.4. The summed E-state index contributed by atoms with van der Waals surface area (Å²) in [6.07, 6.45) is 0. The van der Waals surface area contributed by atoms with Gasteiger partial charge in [-0.15, -0.1) is 0 Å². The highest BCUT2D eigenvalue weighted by atomic mass is 79.9. The van der Waals surface area contributed by atoms with Crippen molar-refractivity contribution in [1.29, 1.82) is 0 Å². The monoisotopic (exact) mass is 305 g/mol. The SMILES string of the molecule is NC(CO)c1ccc(Br)cc1.O=C(O)C(=O)O. The smallest absolute Gasteiger partial charge is 0.414 e. The van der Waals surface area contributed by atoms with E-state index in [1.54, 1.807) is 0 Å². The van der Waals surface area contributed by atoms with E-state index in [1.807, 2.05) is 24.3 Å². The summed E-state index contributed by atoms with van der Waals surface area (Å²) in [6.45, 7) is -0.0123. The van der Waals surface area contributed by atoms with Crippen molar-refractivity contribution in [2.45, 2.75) is 6.04 Å². The van der Waals surface area contributed by atoms with Gasteiger partial charge in [0.15, 0.2) is 0 Å². The highest BCUT2D eigenvalue weighted by Gasteiger charge is 2.04. The first-order valence-corrected chi connectivity index (χ1v) is 5.26. The van der Waals surface area contributed by atoms with E-state index in [0.717, 1.165) is 10.0 Å². The minimum absolute atomic E-state index is 0.0123. The first-order chi connectivity index (χ1) is 7.88. The summed E-state index contributed by atoms with van der Waals surface area (Å²) in [4.78, 5) is 18.2. The second-order valence-electron chi connectivity index (χ2n) is 2.95. The zero-order valence-electron chi connectivity index (χ0n) is 8.71. The number of benzene rings is 1. The van der Waals surface area contributed by atoms with Gasteiger partial charge in [0.1, 0.15) is 0 Å². The maximum atomic E-state index is 9.10. The van der Waals surface area contributed by atoms with E-state index < -0.39 is 11.9 Å². The van der Waals surface area contributed by atoms with Crippen LogP contribution in [0.15, 0.2) is 28.7 Å². The van der Waals surface area contributed by atoms with Gasteiger partial charge in [-0.25, -0.2) is 9.59 Å². The van der Waals surface area contributed by atoms with E-state index >= 15 is 0 Å². The summed E-state index contributed by atoms with van der Waals surface area (Å²) in [5.74, 6) is -3.65. The molecule has 17 heavy (non-hydrogen) atoms. The van der Waals surface area contributed by atoms with Crippen molar-refractivity contribution >= 4 is 27.9 Å². The van der Waals surface area contributed by atoms with Crippen LogP contribution in [0.25, 0.3) is 0 Å². The number of halogens is 1. The number of carboxylic acids is 2. The maximum absolute atomic E-state index is 9.10. The quantitative estimate of drug-likeness (QED) is 0.594. The summed E-state index contributed by atoms with van der Waals surface area (Å²) in [5, 5.41) is 23.5. The number of aliphatic hydroxyl groups is 1. The van der Waals surface area contributed by atoms with Crippen LogP contribution >= 0.6 is 15.9 Å². The highest BCUT2D eigenvalue weighted by Crippen LogP contribution is 2.14. The van der Waals surface area contributed by atoms with Crippen molar-refractivity contribution in [1.82, 2.24) is 0 Å². The van der Waals surface area contributed by atoms with Crippen LogP contribution in [0.4, 0.5) is 0 Å². The molecule has 1 atom stereocenters. The lowest BCUT2D eigenvalue weighted by Crippen LogP contribution is -2.13. The van der Waals surface area contributed by atoms with Crippen LogP contribution in [0.5, 0.6) is 0 Å². The van der Waals surface area contributed by atoms with E-state index in [1.165, 1.54) is 0 Å². The summed E-state index contributed by atoms with van der Waals surface area (Å²) in [6, 6.07) is 7.34. The van der Waals surface area contributed by atoms with Crippen molar-refractivity contribution < 1.29 is 24.9 Å². The first kappa shape index (κ1) is 15.6. The molecule has 0 saturated carbocycles. The van der Waals surface area contributed by atoms with E-state index in [0.29, 0.717) is 0 Å². The molecule has 94 valence electrons. The summed E-state index contributed by atoms with van der Waals surface area (Å²) >= 11 is 3.31. The molecule has 0 saturated heterocycles. The number of hydrogen-bond acceptors (Lipinski definition) is 4. The van der Waals surface area contributed by atoms with Gasteiger partial charge < -0.3 is 21.1 Å². The normalized spacial score (nSPS) is 11.0. The average molecular weight is 306 g/mol. The van der Waals surface area contributed by atoms with E-state index in [9.17, 15) is 0 Å². The Hall–Kier alpha value is -1.44. The predicted molar refractivity (Wildman–Crippen MR) is 63.4 cm³/mol. The van der Waals surface area contributed by atoms with Crippen LogP contribution in [0.2, 0.25) is 0 Å². The molecule has 0 bridgehead atoms. The standard InChI is InChI=1S/C8H10BrNO.C2H2O4/c9-7-3-1-6(2-4-7)8(10)5-11;3-1(4)2(5)6/h1-4,8,11H,5,10H2;(H,3,4)(H,5,6). The summed E-state index contributed by atoms with van der Waals surface area (Å²) < 4.78 is 1.02. The van der Waals surface area contributed by atoms with Gasteiger partial charge in [0, 0.05) is 4.47 Å². The van der Waals surface area contributed by atoms with Gasteiger partial charge in [-0.3, -0.25) is 0 Å². The molecule has 0 fully saturated rings. The fraction of sp³-hybridized carbons (Fsp3) is 0.200. The maximum Gasteiger partial charge on any atom is 0.414 e. The molecule has 1 rings (SSSR count). The lowest BCUT2D eigenvalue weighted by Gasteiger charge is -2.07. The van der Waals surface area contributed by atoms with Gasteiger partial charge in [0.25, 0.3) is 0 Å². The van der Waals surface area contributed by atoms with Crippen LogP contribution in [0.3, 0.4) is 0 Å². The Bertz CT molecular complexity index is 367. The van der Waals surface area contributed by atoms with Crippen molar-refractivity contribution in [2.75, 3.05) is 6.61 Å². The minimum atomic E-state index is -1.82. The van der Waals surface area contributed by atoms with E-state index in [2.05, 4.69) is 15.9 Å². The van der Waals surface area contributed by atoms with Crippen molar-refractivity contribution in [3.05, 3.63) is 34.3 Å². The molecule has 0 heterocycles. The van der Waals surface area contributed by atoms with Gasteiger partial charge in [0.05, 0.1) is 12.6 Å². The first-order valence-electron chi connectivity index (χ1n) is 4.46. The largest absolute Gasteiger partial charge is 0.473 e. The number of hydrogen-bond donors (Lipinski definition) is 4. The van der Waals surface area contributed by atoms with Crippen LogP contribution in [-0.4, -0.2) is 33.9 Å². The summed E-state index contributed by atoms with van der Waals surface area (Å²) in [5.41, 5.74) is 6.53. The van der Waals surface area contributed by atoms with Crippen molar-refractivity contribution in [3.63, 3.8) is 0 Å². The predicted octanol–water partition coefficient (Wildman–Crippen LogP) is 0.597. The fourth-order valence-electron chi connectivity index (χ4n) is 0.815. The molecule has 5 N–H and O–H groups in total. The molecule has 1 aromatic rings. The zero-order valence-corrected chi connectivity index (χ0v) is 10.3. The Morgan fingerprint density at radius 3 is 1.88 bits per heavy atom. The molecular weight excluding hydrogens is 294 g/mol. The van der Waals surface area contributed by atoms with Crippen molar-refractivity contribution in [2.24, 2.45) is 5.73 Å². The van der Waals surface area contributed by atoms with Gasteiger partial charge in [0.2, 0.25) is 0 Å². The minimum Gasteiger partial charge on any atom is -0.473 e. The van der Waals surface area contributed by atoms with Crippen LogP contribution < -0.4 is 5.73 Å². The fourth-order valence-corrected chi connectivity index (χ4v) is 1.08. The highest BCUT2D eigenvalue weighted by molar-refractivity contribution is 9.10. The topological polar surface area (TPSA) is 121 Å². The molecule has 1 aromatic carbocycles. The van der Waals surface area contributed by atoms with Crippen LogP contribution in [-0.2, 0) is 9.59 Å². The van der Waals surface area contributed by atoms with Gasteiger partial charge in [-0.05, 0) is 17.7 Å². The third-order valence-corrected chi connectivity index (χ3v) is 2.21. The number of aliphatic hydroxyl groups excluding tert-OH is 1. The van der Waals surface area contributed by atoms with Gasteiger partial charge >= 0.3 is 11.9 Å². The third kappa shape index (κ3) is 6.67. The molecule has 0 amide bonds. The van der Waals surface area contributed by atoms with Crippen LogP contribution in [0, 0.1) is 0 Å². The molecule has 0 aliphatic rings. The molecule has 1 unspecified atom stereocenters. The second-order valence-corrected chi connectivity index (χ2v) is 3.87.